The number of nitrogens with zero attached hydrogens (tertiary/aromatic N) is 1. The molecular formula is C42H57N5O9S. The molecule has 2 aliphatic heterocycles. The summed E-state index contributed by atoms with van der Waals surface area (Å²) >= 11 is 0. The molecule has 5 fully saturated rings. The Morgan fingerprint density at radius 1 is 0.965 bits per heavy atom. The number of carbonyl (C=O) groups is 4. The third kappa shape index (κ3) is 7.89. The zero-order valence-corrected chi connectivity index (χ0v) is 33.9. The Kier molecular flexibility index (Phi) is 10.8. The maximum atomic E-state index is 14.9. The summed E-state index contributed by atoms with van der Waals surface area (Å²) in [6.07, 6.45) is 10.2. The number of para-hydroxylation sites is 1. The van der Waals surface area contributed by atoms with Crippen LogP contribution in [0, 0.1) is 17.8 Å². The molecule has 2 bridgehead atoms. The number of nitrogens with one attached hydrogen (secondary N) is 4. The van der Waals surface area contributed by atoms with E-state index in [0.717, 1.165) is 70.6 Å². The first-order chi connectivity index (χ1) is 27.3. The molecule has 0 radical (unpaired) electrons. The Morgan fingerprint density at radius 2 is 1.70 bits per heavy atom. The summed E-state index contributed by atoms with van der Waals surface area (Å²) in [5.41, 5.74) is -1.12. The van der Waals surface area contributed by atoms with Gasteiger partial charge in [-0.1, -0.05) is 51.2 Å². The molecule has 4 amide bonds. The van der Waals surface area contributed by atoms with Crippen LogP contribution in [0.5, 0.6) is 5.88 Å². The minimum Gasteiger partial charge on any atom is -0.473 e. The van der Waals surface area contributed by atoms with Gasteiger partial charge in [0.2, 0.25) is 21.8 Å². The largest absolute Gasteiger partial charge is 0.473 e. The summed E-state index contributed by atoms with van der Waals surface area (Å²) in [6.45, 7) is 3.85. The molecule has 15 heteroatoms. The minimum atomic E-state index is -3.88. The summed E-state index contributed by atoms with van der Waals surface area (Å²) < 4.78 is 40.7. The van der Waals surface area contributed by atoms with Gasteiger partial charge in [-0.2, -0.15) is 0 Å². The first-order valence-corrected chi connectivity index (χ1v) is 22.8. The third-order valence-electron chi connectivity index (χ3n) is 14.0. The molecule has 4 N–H and O–H groups in total. The van der Waals surface area contributed by atoms with Crippen LogP contribution >= 0.6 is 0 Å². The number of aromatic nitrogens is 1. The topological polar surface area (TPSA) is 193 Å². The Labute approximate surface area is 334 Å². The molecule has 4 saturated carbocycles. The number of hydrogen-bond donors (Lipinski definition) is 4. The first kappa shape index (κ1) is 39.7. The van der Waals surface area contributed by atoms with E-state index >= 15 is 0 Å². The van der Waals surface area contributed by atoms with Crippen LogP contribution in [0.1, 0.15) is 122 Å². The van der Waals surface area contributed by atoms with Gasteiger partial charge in [0.05, 0.1) is 22.9 Å². The van der Waals surface area contributed by atoms with Gasteiger partial charge < -0.3 is 30.0 Å². The number of sulfonamides is 1. The Bertz CT molecular complexity index is 2080. The lowest BCUT2D eigenvalue weighted by molar-refractivity contribution is -0.142. The molecule has 310 valence electrons. The summed E-state index contributed by atoms with van der Waals surface area (Å²) in [4.78, 5) is 75.8. The van der Waals surface area contributed by atoms with E-state index in [9.17, 15) is 32.4 Å². The average molecular weight is 808 g/mol. The molecule has 0 spiro atoms. The highest BCUT2D eigenvalue weighted by molar-refractivity contribution is 7.91. The van der Waals surface area contributed by atoms with Gasteiger partial charge in [-0.3, -0.25) is 23.9 Å². The standard InChI is InChI=1S/C42H57N5O9S/c1-3-26-23-42(26,39(51)46-57(53,54)29-19-20-29)45-36(49)33-22-28-24-47(33)38(50)34(25-12-7-8-13-25)44-40(52)56-41(2)21-11-15-27(41)14-5-4-6-17-31-35(48)30-16-9-10-18-32(30)43-37(31)55-28/h9-10,16,18,25-29,33-34H,3-8,11-15,17,19-24H2,1-2H3,(H,43,48)(H,44,52)(H,45,49)(H,46,51)/t26-,27+,28-,33+,34+,41+,42-/m1/s1. The minimum absolute atomic E-state index is 0.0165. The van der Waals surface area contributed by atoms with Crippen LogP contribution < -0.4 is 25.5 Å². The number of ether oxygens (including phenoxy) is 2. The van der Waals surface area contributed by atoms with Crippen molar-refractivity contribution in [2.45, 2.75) is 158 Å². The normalized spacial score (nSPS) is 32.6. The third-order valence-corrected chi connectivity index (χ3v) is 15.8. The van der Waals surface area contributed by atoms with Crippen molar-refractivity contribution in [2.24, 2.45) is 17.8 Å². The van der Waals surface area contributed by atoms with Crippen molar-refractivity contribution < 1.29 is 37.1 Å². The molecule has 57 heavy (non-hydrogen) atoms. The predicted molar refractivity (Wildman–Crippen MR) is 212 cm³/mol. The van der Waals surface area contributed by atoms with E-state index in [1.54, 1.807) is 6.07 Å². The number of hydrogen-bond acceptors (Lipinski definition) is 9. The first-order valence-electron chi connectivity index (χ1n) is 21.3. The van der Waals surface area contributed by atoms with Gasteiger partial charge in [-0.25, -0.2) is 13.2 Å². The molecule has 1 aromatic carbocycles. The van der Waals surface area contributed by atoms with Crippen LogP contribution in [0.3, 0.4) is 0 Å². The number of carbonyl (C=O) groups excluding carboxylic acids is 4. The maximum absolute atomic E-state index is 14.9. The van der Waals surface area contributed by atoms with Gasteiger partial charge in [0, 0.05) is 11.8 Å². The van der Waals surface area contributed by atoms with E-state index < -0.39 is 68.4 Å². The lowest BCUT2D eigenvalue weighted by atomic mass is 9.87. The molecule has 1 aromatic heterocycles. The van der Waals surface area contributed by atoms with Crippen molar-refractivity contribution in [1.82, 2.24) is 25.2 Å². The van der Waals surface area contributed by atoms with Crippen molar-refractivity contribution >= 4 is 44.7 Å². The van der Waals surface area contributed by atoms with E-state index in [4.69, 9.17) is 9.47 Å². The SMILES string of the molecule is CC[C@@H]1C[C@]1(NC(=O)[C@@H]1C[C@@H]2CN1C(=O)[C@H](C1CCCC1)NC(=O)O[C@@]1(C)CCC[C@@H]1CCCCCc1c([nH]c3ccccc3c1=O)O2)C(=O)NS(=O)(=O)C1CC1. The van der Waals surface area contributed by atoms with E-state index in [1.165, 1.54) is 4.90 Å². The quantitative estimate of drug-likeness (QED) is 0.306. The van der Waals surface area contributed by atoms with Gasteiger partial charge in [0.1, 0.15) is 29.3 Å². The number of benzene rings is 1. The van der Waals surface area contributed by atoms with Gasteiger partial charge in [0.15, 0.2) is 11.3 Å². The second kappa shape index (κ2) is 15.6. The lowest BCUT2D eigenvalue weighted by Crippen LogP contribution is -2.59. The van der Waals surface area contributed by atoms with Gasteiger partial charge in [-0.15, -0.1) is 0 Å². The predicted octanol–water partition coefficient (Wildman–Crippen LogP) is 4.73. The Hall–Kier alpha value is -4.14. The van der Waals surface area contributed by atoms with Gasteiger partial charge >= 0.3 is 6.09 Å². The van der Waals surface area contributed by atoms with Crippen molar-refractivity contribution in [3.63, 3.8) is 0 Å². The van der Waals surface area contributed by atoms with Crippen LogP contribution in [0.15, 0.2) is 29.1 Å². The molecule has 2 aromatic rings. The van der Waals surface area contributed by atoms with Crippen molar-refractivity contribution in [1.29, 1.82) is 0 Å². The number of alkyl carbamates (subject to hydrolysis) is 1. The van der Waals surface area contributed by atoms with Crippen molar-refractivity contribution in [2.75, 3.05) is 6.54 Å². The lowest BCUT2D eigenvalue weighted by Gasteiger charge is -2.35. The second-order valence-electron chi connectivity index (χ2n) is 17.8. The highest BCUT2D eigenvalue weighted by Crippen LogP contribution is 2.47. The van der Waals surface area contributed by atoms with E-state index in [2.05, 4.69) is 20.3 Å². The van der Waals surface area contributed by atoms with E-state index in [-0.39, 0.29) is 42.6 Å². The van der Waals surface area contributed by atoms with Gasteiger partial charge in [-0.05, 0) is 107 Å². The fourth-order valence-electron chi connectivity index (χ4n) is 10.3. The molecule has 6 aliphatic rings. The van der Waals surface area contributed by atoms with E-state index in [0.29, 0.717) is 48.0 Å². The molecule has 1 saturated heterocycles. The van der Waals surface area contributed by atoms with Crippen molar-refractivity contribution in [3.8, 4) is 5.88 Å². The number of H-pyrrole nitrogens is 1. The molecular weight excluding hydrogens is 751 g/mol. The number of aromatic amines is 1. The number of pyridine rings is 1. The molecule has 4 aliphatic carbocycles. The smallest absolute Gasteiger partial charge is 0.408 e. The molecule has 0 unspecified atom stereocenters. The summed E-state index contributed by atoms with van der Waals surface area (Å²) in [7, 11) is -3.88. The summed E-state index contributed by atoms with van der Waals surface area (Å²) in [5.74, 6) is -1.79. The maximum Gasteiger partial charge on any atom is 0.408 e. The van der Waals surface area contributed by atoms with Crippen LogP contribution in [0.2, 0.25) is 0 Å². The summed E-state index contributed by atoms with van der Waals surface area (Å²) in [6, 6.07) is 5.20. The average Bonchev–Trinajstić information content (AvgIpc) is 3.99. The fourth-order valence-corrected chi connectivity index (χ4v) is 11.7. The number of amides is 4. The zero-order valence-electron chi connectivity index (χ0n) is 33.1. The van der Waals surface area contributed by atoms with Crippen LogP contribution in [-0.2, 0) is 35.6 Å². The second-order valence-corrected chi connectivity index (χ2v) is 19.8. The number of rotatable bonds is 7. The highest BCUT2D eigenvalue weighted by Gasteiger charge is 2.62. The summed E-state index contributed by atoms with van der Waals surface area (Å²) in [5, 5.41) is 5.82. The zero-order chi connectivity index (χ0) is 40.1. The Balaban J connectivity index is 1.14. The molecule has 8 rings (SSSR count). The van der Waals surface area contributed by atoms with E-state index in [1.807, 2.05) is 32.0 Å². The molecule has 3 heterocycles. The fraction of sp³-hybridized carbons (Fsp3) is 0.690. The number of fused-ring (bicyclic) bond motifs is 5. The highest BCUT2D eigenvalue weighted by atomic mass is 32.2. The van der Waals surface area contributed by atoms with Gasteiger partial charge in [0.25, 0.3) is 5.91 Å². The van der Waals surface area contributed by atoms with Crippen LogP contribution in [0.25, 0.3) is 10.9 Å². The monoisotopic (exact) mass is 807 g/mol. The Morgan fingerprint density at radius 3 is 2.44 bits per heavy atom. The van der Waals surface area contributed by atoms with Crippen LogP contribution in [-0.4, -0.2) is 83.2 Å². The van der Waals surface area contributed by atoms with Crippen molar-refractivity contribution in [3.05, 3.63) is 40.1 Å². The molecule has 14 nitrogen and oxygen atoms in total. The van der Waals surface area contributed by atoms with Crippen LogP contribution in [0.4, 0.5) is 4.79 Å². The molecule has 7 atom stereocenters.